The van der Waals surface area contributed by atoms with Crippen LogP contribution in [0.3, 0.4) is 0 Å². The van der Waals surface area contributed by atoms with E-state index in [0.29, 0.717) is 0 Å². The van der Waals surface area contributed by atoms with Gasteiger partial charge in [0.05, 0.1) is 0 Å². The molecular weight excluding hydrogens is 332 g/mol. The Morgan fingerprint density at radius 1 is 0.500 bits per heavy atom. The highest BCUT2D eigenvalue weighted by Crippen LogP contribution is 2.80. The maximum atomic E-state index is 2.34. The minimum Gasteiger partial charge on any atom is -0.132 e. The summed E-state index contributed by atoms with van der Waals surface area (Å²) >= 11 is 0. The summed E-state index contributed by atoms with van der Waals surface area (Å²) < 4.78 is 0. The van der Waals surface area contributed by atoms with Gasteiger partial charge in [0, 0.05) is 19.6 Å². The lowest BCUT2D eigenvalue weighted by molar-refractivity contribution is 1.28. The van der Waals surface area contributed by atoms with Crippen LogP contribution in [0.5, 0.6) is 0 Å². The molecular formula is C25H20S. The van der Waals surface area contributed by atoms with Crippen molar-refractivity contribution in [1.29, 1.82) is 0 Å². The highest BCUT2D eigenvalue weighted by molar-refractivity contribution is 8.34. The molecule has 126 valence electrons. The number of hydrogen-bond donors (Lipinski definition) is 0. The molecule has 0 saturated heterocycles. The van der Waals surface area contributed by atoms with E-state index in [1.807, 2.05) is 0 Å². The fourth-order valence-corrected chi connectivity index (χ4v) is 8.49. The largest absolute Gasteiger partial charge is 0.132 e. The Morgan fingerprint density at radius 2 is 1.04 bits per heavy atom. The third-order valence-corrected chi connectivity index (χ3v) is 9.22. The van der Waals surface area contributed by atoms with E-state index in [9.17, 15) is 0 Å². The van der Waals surface area contributed by atoms with Crippen LogP contribution >= 0.6 is 10.0 Å². The minimum absolute atomic E-state index is 1.36. The highest BCUT2D eigenvalue weighted by atomic mass is 32.3. The number of rotatable bonds is 2. The van der Waals surface area contributed by atoms with Gasteiger partial charge in [-0.2, -0.15) is 0 Å². The molecule has 5 rings (SSSR count). The maximum Gasteiger partial charge on any atom is 0.0105 e. The molecule has 0 radical (unpaired) electrons. The molecule has 0 nitrogen and oxygen atoms in total. The summed E-state index contributed by atoms with van der Waals surface area (Å²) in [6, 6.07) is 37.9. The van der Waals surface area contributed by atoms with Gasteiger partial charge in [-0.15, -0.1) is 10.0 Å². The monoisotopic (exact) mass is 352 g/mol. The lowest BCUT2D eigenvalue weighted by atomic mass is 10.0. The first-order valence-electron chi connectivity index (χ1n) is 8.96. The summed E-state index contributed by atoms with van der Waals surface area (Å²) in [6.07, 6.45) is 0. The average Bonchev–Trinajstić information content (AvgIpc) is 3.02. The molecule has 0 atom stereocenters. The van der Waals surface area contributed by atoms with Crippen molar-refractivity contribution in [3.8, 4) is 11.1 Å². The van der Waals surface area contributed by atoms with E-state index in [-0.39, 0.29) is 0 Å². The van der Waals surface area contributed by atoms with Crippen LogP contribution in [-0.2, 0) is 0 Å². The van der Waals surface area contributed by atoms with Crippen LogP contribution in [0.2, 0.25) is 0 Å². The van der Waals surface area contributed by atoms with E-state index in [1.54, 1.807) is 0 Å². The second-order valence-corrected chi connectivity index (χ2v) is 9.73. The first-order chi connectivity index (χ1) is 12.8. The molecule has 0 unspecified atom stereocenters. The van der Waals surface area contributed by atoms with Gasteiger partial charge in [-0.1, -0.05) is 66.7 Å². The lowest BCUT2D eigenvalue weighted by Crippen LogP contribution is -2.01. The minimum atomic E-state index is -1.46. The summed E-state index contributed by atoms with van der Waals surface area (Å²) in [4.78, 5) is 5.74. The summed E-state index contributed by atoms with van der Waals surface area (Å²) in [5.41, 5.74) is 4.17. The Balaban J connectivity index is 2.00. The van der Waals surface area contributed by atoms with Gasteiger partial charge in [-0.05, 0) is 60.0 Å². The van der Waals surface area contributed by atoms with Gasteiger partial charge in [-0.25, -0.2) is 0 Å². The van der Waals surface area contributed by atoms with Gasteiger partial charge in [0.1, 0.15) is 0 Å². The molecule has 0 aliphatic carbocycles. The SMILES string of the molecule is Cc1cccc2c1-c1ccccc1S2(c1ccccc1)c1ccccc1. The third-order valence-electron chi connectivity index (χ3n) is 5.24. The van der Waals surface area contributed by atoms with Crippen LogP contribution in [0.25, 0.3) is 11.1 Å². The molecule has 0 bridgehead atoms. The molecule has 26 heavy (non-hydrogen) atoms. The standard InChI is InChI=1S/C25H20S/c1-19-11-10-18-24-25(19)22-16-8-9-17-23(22)26(24,20-12-4-2-5-13-20)21-14-6-3-7-15-21/h2-18H,1H3. The number of benzene rings is 4. The number of fused-ring (bicyclic) bond motifs is 3. The van der Waals surface area contributed by atoms with Crippen LogP contribution in [0.4, 0.5) is 0 Å². The van der Waals surface area contributed by atoms with Crippen molar-refractivity contribution < 1.29 is 0 Å². The van der Waals surface area contributed by atoms with E-state index in [2.05, 4.69) is 110 Å². The highest BCUT2D eigenvalue weighted by Gasteiger charge is 2.42. The predicted octanol–water partition coefficient (Wildman–Crippen LogP) is 7.32. The number of aryl methyl sites for hydroxylation is 1. The fourth-order valence-electron chi connectivity index (χ4n) is 4.19. The van der Waals surface area contributed by atoms with E-state index < -0.39 is 10.0 Å². The first kappa shape index (κ1) is 15.5. The van der Waals surface area contributed by atoms with Crippen LogP contribution < -0.4 is 0 Å². The molecule has 1 heteroatoms. The third kappa shape index (κ3) is 1.98. The molecule has 0 saturated carbocycles. The maximum absolute atomic E-state index is 2.34. The summed E-state index contributed by atoms with van der Waals surface area (Å²) in [6.45, 7) is 2.24. The van der Waals surface area contributed by atoms with Crippen LogP contribution in [0, 0.1) is 6.92 Å². The molecule has 0 aromatic heterocycles. The van der Waals surface area contributed by atoms with Gasteiger partial charge >= 0.3 is 0 Å². The zero-order chi connectivity index (χ0) is 17.6. The Kier molecular flexibility index (Phi) is 3.51. The zero-order valence-electron chi connectivity index (χ0n) is 14.7. The fraction of sp³-hybridized carbons (Fsp3) is 0.0400. The second kappa shape index (κ2) is 5.89. The molecule has 0 spiro atoms. The Morgan fingerprint density at radius 3 is 1.69 bits per heavy atom. The lowest BCUT2D eigenvalue weighted by Gasteiger charge is -2.39. The summed E-state index contributed by atoms with van der Waals surface area (Å²) in [7, 11) is -1.46. The normalized spacial score (nSPS) is 15.1. The van der Waals surface area contributed by atoms with Crippen molar-refractivity contribution >= 4 is 10.0 Å². The molecule has 0 N–H and O–H groups in total. The molecule has 1 aliphatic rings. The van der Waals surface area contributed by atoms with E-state index in [0.717, 1.165) is 0 Å². The van der Waals surface area contributed by atoms with Gasteiger partial charge in [0.25, 0.3) is 0 Å². The van der Waals surface area contributed by atoms with Crippen LogP contribution in [-0.4, -0.2) is 0 Å². The van der Waals surface area contributed by atoms with Gasteiger partial charge in [0.2, 0.25) is 0 Å². The Hall–Kier alpha value is -2.77. The van der Waals surface area contributed by atoms with Crippen molar-refractivity contribution in [3.63, 3.8) is 0 Å². The average molecular weight is 353 g/mol. The van der Waals surface area contributed by atoms with Crippen molar-refractivity contribution in [2.45, 2.75) is 26.5 Å². The van der Waals surface area contributed by atoms with E-state index in [4.69, 9.17) is 0 Å². The Labute approximate surface area is 156 Å². The van der Waals surface area contributed by atoms with Crippen LogP contribution in [0.15, 0.2) is 123 Å². The van der Waals surface area contributed by atoms with E-state index >= 15 is 0 Å². The topological polar surface area (TPSA) is 0 Å². The molecule has 4 aromatic carbocycles. The molecule has 0 amide bonds. The number of hydrogen-bond acceptors (Lipinski definition) is 0. The predicted molar refractivity (Wildman–Crippen MR) is 110 cm³/mol. The summed E-state index contributed by atoms with van der Waals surface area (Å²) in [5, 5.41) is 0. The first-order valence-corrected chi connectivity index (χ1v) is 10.6. The van der Waals surface area contributed by atoms with Crippen molar-refractivity contribution in [3.05, 3.63) is 109 Å². The van der Waals surface area contributed by atoms with Crippen molar-refractivity contribution in [1.82, 2.24) is 0 Å². The molecule has 1 aliphatic heterocycles. The van der Waals surface area contributed by atoms with Gasteiger partial charge in [-0.3, -0.25) is 0 Å². The van der Waals surface area contributed by atoms with Gasteiger partial charge in [0.15, 0.2) is 0 Å². The molecule has 4 aromatic rings. The van der Waals surface area contributed by atoms with Crippen molar-refractivity contribution in [2.24, 2.45) is 0 Å². The second-order valence-electron chi connectivity index (χ2n) is 6.68. The van der Waals surface area contributed by atoms with Crippen molar-refractivity contribution in [2.75, 3.05) is 0 Å². The van der Waals surface area contributed by atoms with E-state index in [1.165, 1.54) is 36.3 Å². The Bertz CT molecular complexity index is 1040. The van der Waals surface area contributed by atoms with Crippen LogP contribution in [0.1, 0.15) is 5.56 Å². The van der Waals surface area contributed by atoms with Gasteiger partial charge < -0.3 is 0 Å². The zero-order valence-corrected chi connectivity index (χ0v) is 15.5. The quantitative estimate of drug-likeness (QED) is 0.312. The summed E-state index contributed by atoms with van der Waals surface area (Å²) in [5.74, 6) is 0. The smallest absolute Gasteiger partial charge is 0.0105 e. The molecule has 0 fully saturated rings. The molecule has 1 heterocycles.